The fourth-order valence-corrected chi connectivity index (χ4v) is 4.58. The highest BCUT2D eigenvalue weighted by atomic mass is 79.9. The molecule has 1 amide bonds. The van der Waals surface area contributed by atoms with E-state index in [1.807, 2.05) is 30.3 Å². The average Bonchev–Trinajstić information content (AvgIpc) is 2.67. The summed E-state index contributed by atoms with van der Waals surface area (Å²) in [5.41, 5.74) is 0.904. The molecule has 2 aromatic rings. The Morgan fingerprint density at radius 2 is 1.77 bits per heavy atom. The summed E-state index contributed by atoms with van der Waals surface area (Å²) in [7, 11) is 0. The van der Waals surface area contributed by atoms with Crippen molar-refractivity contribution < 1.29 is 9.53 Å². The maximum atomic E-state index is 12.6. The van der Waals surface area contributed by atoms with E-state index in [9.17, 15) is 4.79 Å². The summed E-state index contributed by atoms with van der Waals surface area (Å²) in [6, 6.07) is 11.5. The zero-order valence-corrected chi connectivity index (χ0v) is 17.7. The van der Waals surface area contributed by atoms with Crippen molar-refractivity contribution in [3.63, 3.8) is 0 Å². The normalized spacial score (nSPS) is 14.3. The molecule has 2 aromatic carbocycles. The predicted octanol–water partition coefficient (Wildman–Crippen LogP) is 5.78. The maximum absolute atomic E-state index is 12.6. The number of nitrogens with zero attached hydrogens (tertiary/aromatic N) is 1. The van der Waals surface area contributed by atoms with Crippen LogP contribution in [0.5, 0.6) is 0 Å². The molecule has 1 heterocycles. The first-order valence-electron chi connectivity index (χ1n) is 7.95. The van der Waals surface area contributed by atoms with Crippen molar-refractivity contribution in [2.75, 3.05) is 26.3 Å². The summed E-state index contributed by atoms with van der Waals surface area (Å²) >= 11 is 18.0. The SMILES string of the molecule is C=C(C(=O)N1CCOCC1)c1ccc(Sc2ccccc2Br)c(Cl)c1Cl. The van der Waals surface area contributed by atoms with Gasteiger partial charge in [-0.05, 0) is 34.1 Å². The first-order chi connectivity index (χ1) is 12.5. The van der Waals surface area contributed by atoms with Gasteiger partial charge in [0.25, 0.3) is 5.91 Å². The van der Waals surface area contributed by atoms with Crippen LogP contribution in [-0.2, 0) is 9.53 Å². The van der Waals surface area contributed by atoms with E-state index in [0.29, 0.717) is 47.5 Å². The molecule has 0 spiro atoms. The molecule has 1 fully saturated rings. The second-order valence-corrected chi connectivity index (χ2v) is 8.35. The zero-order valence-electron chi connectivity index (χ0n) is 13.8. The van der Waals surface area contributed by atoms with E-state index in [2.05, 4.69) is 22.5 Å². The average molecular weight is 473 g/mol. The van der Waals surface area contributed by atoms with Gasteiger partial charge in [-0.25, -0.2) is 0 Å². The Morgan fingerprint density at radius 1 is 1.08 bits per heavy atom. The number of halogens is 3. The third-order valence-corrected chi connectivity index (χ3v) is 7.07. The van der Waals surface area contributed by atoms with E-state index in [4.69, 9.17) is 27.9 Å². The lowest BCUT2D eigenvalue weighted by atomic mass is 10.1. The zero-order chi connectivity index (χ0) is 18.7. The number of amides is 1. The topological polar surface area (TPSA) is 29.5 Å². The molecule has 1 aliphatic heterocycles. The quantitative estimate of drug-likeness (QED) is 0.528. The molecule has 3 rings (SSSR count). The van der Waals surface area contributed by atoms with Gasteiger partial charge in [-0.3, -0.25) is 4.79 Å². The second kappa shape index (κ2) is 8.81. The van der Waals surface area contributed by atoms with Crippen LogP contribution in [-0.4, -0.2) is 37.1 Å². The van der Waals surface area contributed by atoms with E-state index in [-0.39, 0.29) is 5.91 Å². The van der Waals surface area contributed by atoms with Gasteiger partial charge in [0, 0.05) is 38.5 Å². The van der Waals surface area contributed by atoms with Gasteiger partial charge in [0.15, 0.2) is 0 Å². The summed E-state index contributed by atoms with van der Waals surface area (Å²) in [5, 5.41) is 0.760. The second-order valence-electron chi connectivity index (χ2n) is 5.65. The maximum Gasteiger partial charge on any atom is 0.254 e. The van der Waals surface area contributed by atoms with Crippen LogP contribution in [0, 0.1) is 0 Å². The Labute approximate surface area is 175 Å². The molecule has 0 aromatic heterocycles. The van der Waals surface area contributed by atoms with Crippen molar-refractivity contribution in [3.05, 3.63) is 63.1 Å². The van der Waals surface area contributed by atoms with Crippen molar-refractivity contribution in [1.82, 2.24) is 4.90 Å². The van der Waals surface area contributed by atoms with E-state index < -0.39 is 0 Å². The molecule has 1 aliphatic rings. The molecule has 0 bridgehead atoms. The number of ether oxygens (including phenoxy) is 1. The van der Waals surface area contributed by atoms with Crippen molar-refractivity contribution >= 4 is 62.4 Å². The molecule has 3 nitrogen and oxygen atoms in total. The predicted molar refractivity (Wildman–Crippen MR) is 111 cm³/mol. The minimum atomic E-state index is -0.141. The van der Waals surface area contributed by atoms with E-state index >= 15 is 0 Å². The Kier molecular flexibility index (Phi) is 6.70. The molecule has 0 unspecified atom stereocenters. The summed E-state index contributed by atoms with van der Waals surface area (Å²) in [5.74, 6) is -0.141. The van der Waals surface area contributed by atoms with Crippen LogP contribution >= 0.6 is 50.9 Å². The third kappa shape index (κ3) is 4.29. The van der Waals surface area contributed by atoms with Crippen LogP contribution in [0.3, 0.4) is 0 Å². The van der Waals surface area contributed by atoms with Gasteiger partial charge in [0.1, 0.15) is 0 Å². The first kappa shape index (κ1) is 19.8. The highest BCUT2D eigenvalue weighted by molar-refractivity contribution is 9.10. The van der Waals surface area contributed by atoms with Crippen LogP contribution in [0.2, 0.25) is 10.0 Å². The smallest absolute Gasteiger partial charge is 0.254 e. The van der Waals surface area contributed by atoms with E-state index in [1.165, 1.54) is 11.8 Å². The molecule has 136 valence electrons. The van der Waals surface area contributed by atoms with Gasteiger partial charge in [0.2, 0.25) is 0 Å². The standard InChI is InChI=1S/C19H16BrCl2NO2S/c1-12(19(24)23-8-10-25-11-9-23)13-6-7-16(18(22)17(13)21)26-15-5-3-2-4-14(15)20/h2-7H,1,8-11H2. The lowest BCUT2D eigenvalue weighted by molar-refractivity contribution is -0.128. The fraction of sp³-hybridized carbons (Fsp3) is 0.211. The van der Waals surface area contributed by atoms with E-state index in [1.54, 1.807) is 11.0 Å². The molecule has 0 saturated carbocycles. The largest absolute Gasteiger partial charge is 0.378 e. The van der Waals surface area contributed by atoms with E-state index in [0.717, 1.165) is 14.3 Å². The minimum absolute atomic E-state index is 0.141. The monoisotopic (exact) mass is 471 g/mol. The molecule has 0 aliphatic carbocycles. The molecule has 26 heavy (non-hydrogen) atoms. The Morgan fingerprint density at radius 3 is 2.46 bits per heavy atom. The van der Waals surface area contributed by atoms with Crippen molar-refractivity contribution in [3.8, 4) is 0 Å². The Hall–Kier alpha value is -0.980. The number of hydrogen-bond donors (Lipinski definition) is 0. The van der Waals surface area contributed by atoms with Gasteiger partial charge < -0.3 is 9.64 Å². The number of benzene rings is 2. The lowest BCUT2D eigenvalue weighted by Crippen LogP contribution is -2.40. The molecular weight excluding hydrogens is 457 g/mol. The molecule has 0 N–H and O–H groups in total. The number of hydrogen-bond acceptors (Lipinski definition) is 3. The summed E-state index contributed by atoms with van der Waals surface area (Å²) < 4.78 is 6.26. The molecule has 7 heteroatoms. The molecule has 0 atom stereocenters. The summed E-state index contributed by atoms with van der Waals surface area (Å²) in [4.78, 5) is 16.2. The first-order valence-corrected chi connectivity index (χ1v) is 10.3. The van der Waals surface area contributed by atoms with Crippen molar-refractivity contribution in [2.24, 2.45) is 0 Å². The van der Waals surface area contributed by atoms with Gasteiger partial charge in [-0.1, -0.05) is 59.7 Å². The van der Waals surface area contributed by atoms with Crippen LogP contribution in [0.25, 0.3) is 5.57 Å². The van der Waals surface area contributed by atoms with Crippen molar-refractivity contribution in [1.29, 1.82) is 0 Å². The number of carbonyl (C=O) groups is 1. The van der Waals surface area contributed by atoms with Crippen LogP contribution in [0.4, 0.5) is 0 Å². The Balaban J connectivity index is 1.84. The summed E-state index contributed by atoms with van der Waals surface area (Å²) in [6.07, 6.45) is 0. The summed E-state index contributed by atoms with van der Waals surface area (Å²) in [6.45, 7) is 6.12. The number of morpholine rings is 1. The number of rotatable bonds is 4. The van der Waals surface area contributed by atoms with Gasteiger partial charge in [0.05, 0.1) is 23.3 Å². The third-order valence-electron chi connectivity index (χ3n) is 3.99. The lowest BCUT2D eigenvalue weighted by Gasteiger charge is -2.27. The van der Waals surface area contributed by atoms with Crippen LogP contribution < -0.4 is 0 Å². The van der Waals surface area contributed by atoms with Crippen LogP contribution in [0.15, 0.2) is 57.2 Å². The van der Waals surface area contributed by atoms with Gasteiger partial charge >= 0.3 is 0 Å². The molecular formula is C19H16BrCl2NO2S. The molecule has 0 radical (unpaired) electrons. The van der Waals surface area contributed by atoms with Crippen LogP contribution in [0.1, 0.15) is 5.56 Å². The van der Waals surface area contributed by atoms with Gasteiger partial charge in [-0.2, -0.15) is 0 Å². The van der Waals surface area contributed by atoms with Crippen molar-refractivity contribution in [2.45, 2.75) is 9.79 Å². The minimum Gasteiger partial charge on any atom is -0.378 e. The molecule has 1 saturated heterocycles. The highest BCUT2D eigenvalue weighted by Gasteiger charge is 2.23. The van der Waals surface area contributed by atoms with Gasteiger partial charge in [-0.15, -0.1) is 0 Å². The Bertz CT molecular complexity index is 853. The highest BCUT2D eigenvalue weighted by Crippen LogP contribution is 2.42. The number of carbonyl (C=O) groups excluding carboxylic acids is 1. The fourth-order valence-electron chi connectivity index (χ4n) is 2.56.